The van der Waals surface area contributed by atoms with Gasteiger partial charge in [-0.15, -0.1) is 0 Å². The van der Waals surface area contributed by atoms with Crippen molar-refractivity contribution in [2.24, 2.45) is 0 Å². The van der Waals surface area contributed by atoms with Gasteiger partial charge in [-0.05, 0) is 25.0 Å². The lowest BCUT2D eigenvalue weighted by molar-refractivity contribution is 0.935. The van der Waals surface area contributed by atoms with Crippen LogP contribution in [0.3, 0.4) is 0 Å². The predicted molar refractivity (Wildman–Crippen MR) is 56.0 cm³/mol. The van der Waals surface area contributed by atoms with Crippen LogP contribution in [0, 0.1) is 0 Å². The Morgan fingerprint density at radius 1 is 1.33 bits per heavy atom. The summed E-state index contributed by atoms with van der Waals surface area (Å²) in [4.78, 5) is 8.57. The molecule has 15 heavy (non-hydrogen) atoms. The van der Waals surface area contributed by atoms with E-state index in [4.69, 9.17) is 5.73 Å². The van der Waals surface area contributed by atoms with Crippen molar-refractivity contribution in [3.63, 3.8) is 0 Å². The second-order valence-electron chi connectivity index (χ2n) is 3.80. The third-order valence-electron chi connectivity index (χ3n) is 2.48. The van der Waals surface area contributed by atoms with E-state index in [1.807, 2.05) is 6.07 Å². The molecule has 0 saturated heterocycles. The second-order valence-corrected chi connectivity index (χ2v) is 3.80. The van der Waals surface area contributed by atoms with Crippen molar-refractivity contribution in [2.75, 3.05) is 5.73 Å². The molecule has 1 fully saturated rings. The highest BCUT2D eigenvalue weighted by atomic mass is 15.2. The number of anilines is 1. The van der Waals surface area contributed by atoms with E-state index in [0.717, 1.165) is 11.5 Å². The standard InChI is InChI=1S/C10H11N5/c11-7-3-4-8(12-5-7)10-13-9(14-15-10)6-1-2-6/h3-6H,1-2,11H2,(H,13,14,15). The van der Waals surface area contributed by atoms with Gasteiger partial charge < -0.3 is 5.73 Å². The van der Waals surface area contributed by atoms with Gasteiger partial charge in [0.25, 0.3) is 0 Å². The fourth-order valence-electron chi connectivity index (χ4n) is 1.47. The van der Waals surface area contributed by atoms with E-state index in [1.165, 1.54) is 12.8 Å². The predicted octanol–water partition coefficient (Wildman–Crippen LogP) is 1.33. The third kappa shape index (κ3) is 1.56. The third-order valence-corrected chi connectivity index (χ3v) is 2.48. The lowest BCUT2D eigenvalue weighted by Crippen LogP contribution is -1.89. The first kappa shape index (κ1) is 8.40. The number of H-pyrrole nitrogens is 1. The molecule has 5 heteroatoms. The summed E-state index contributed by atoms with van der Waals surface area (Å²) >= 11 is 0. The summed E-state index contributed by atoms with van der Waals surface area (Å²) in [5, 5.41) is 7.09. The number of nitrogens with zero attached hydrogens (tertiary/aromatic N) is 3. The van der Waals surface area contributed by atoms with Crippen molar-refractivity contribution < 1.29 is 0 Å². The molecule has 0 atom stereocenters. The average molecular weight is 201 g/mol. The number of rotatable bonds is 2. The largest absolute Gasteiger partial charge is 0.397 e. The fraction of sp³-hybridized carbons (Fsp3) is 0.300. The summed E-state index contributed by atoms with van der Waals surface area (Å²) in [5.41, 5.74) is 6.96. The molecule has 0 radical (unpaired) electrons. The van der Waals surface area contributed by atoms with Crippen molar-refractivity contribution in [2.45, 2.75) is 18.8 Å². The Morgan fingerprint density at radius 3 is 2.87 bits per heavy atom. The molecule has 0 amide bonds. The van der Waals surface area contributed by atoms with Crippen LogP contribution in [0.5, 0.6) is 0 Å². The Kier molecular flexibility index (Phi) is 1.71. The average Bonchev–Trinajstić information content (AvgIpc) is 2.99. The number of nitrogens with one attached hydrogen (secondary N) is 1. The molecular weight excluding hydrogens is 190 g/mol. The van der Waals surface area contributed by atoms with Crippen LogP contribution in [0.1, 0.15) is 24.6 Å². The molecule has 3 rings (SSSR count). The SMILES string of the molecule is Nc1ccc(-c2n[nH]c(C3CC3)n2)nc1. The summed E-state index contributed by atoms with van der Waals surface area (Å²) in [6, 6.07) is 3.63. The zero-order valence-corrected chi connectivity index (χ0v) is 8.14. The minimum atomic E-state index is 0.583. The number of hydrogen-bond donors (Lipinski definition) is 2. The van der Waals surface area contributed by atoms with Gasteiger partial charge in [0.05, 0.1) is 11.9 Å². The van der Waals surface area contributed by atoms with Gasteiger partial charge in [-0.3, -0.25) is 10.1 Å². The van der Waals surface area contributed by atoms with E-state index >= 15 is 0 Å². The monoisotopic (exact) mass is 201 g/mol. The molecule has 76 valence electrons. The molecule has 5 nitrogen and oxygen atoms in total. The molecule has 0 aliphatic heterocycles. The van der Waals surface area contributed by atoms with Gasteiger partial charge in [-0.25, -0.2) is 4.98 Å². The van der Waals surface area contributed by atoms with E-state index in [1.54, 1.807) is 12.3 Å². The summed E-state index contributed by atoms with van der Waals surface area (Å²) in [6.07, 6.45) is 4.04. The minimum Gasteiger partial charge on any atom is -0.397 e. The van der Waals surface area contributed by atoms with Crippen molar-refractivity contribution >= 4 is 5.69 Å². The van der Waals surface area contributed by atoms with E-state index < -0.39 is 0 Å². The van der Waals surface area contributed by atoms with Crippen LogP contribution in [-0.4, -0.2) is 20.2 Å². The van der Waals surface area contributed by atoms with Crippen LogP contribution in [0.4, 0.5) is 5.69 Å². The molecule has 0 unspecified atom stereocenters. The molecule has 0 spiro atoms. The summed E-state index contributed by atoms with van der Waals surface area (Å²) in [7, 11) is 0. The maximum atomic E-state index is 5.56. The molecule has 0 bridgehead atoms. The van der Waals surface area contributed by atoms with Crippen molar-refractivity contribution in [1.82, 2.24) is 20.2 Å². The summed E-state index contributed by atoms with van der Waals surface area (Å²) < 4.78 is 0. The van der Waals surface area contributed by atoms with E-state index in [-0.39, 0.29) is 0 Å². The van der Waals surface area contributed by atoms with Gasteiger partial charge in [0, 0.05) is 5.92 Å². The van der Waals surface area contributed by atoms with E-state index in [2.05, 4.69) is 20.2 Å². The Morgan fingerprint density at radius 2 is 2.20 bits per heavy atom. The van der Waals surface area contributed by atoms with Crippen LogP contribution in [-0.2, 0) is 0 Å². The van der Waals surface area contributed by atoms with Crippen LogP contribution < -0.4 is 5.73 Å². The molecule has 1 aliphatic rings. The fourth-order valence-corrected chi connectivity index (χ4v) is 1.47. The van der Waals surface area contributed by atoms with Gasteiger partial charge in [-0.1, -0.05) is 0 Å². The molecule has 0 aromatic carbocycles. The normalized spacial score (nSPS) is 15.5. The van der Waals surface area contributed by atoms with Crippen LogP contribution >= 0.6 is 0 Å². The number of hydrogen-bond acceptors (Lipinski definition) is 4. The Balaban J connectivity index is 1.93. The lowest BCUT2D eigenvalue weighted by Gasteiger charge is -1.94. The zero-order valence-electron chi connectivity index (χ0n) is 8.14. The smallest absolute Gasteiger partial charge is 0.199 e. The molecule has 2 heterocycles. The van der Waals surface area contributed by atoms with Gasteiger partial charge in [0.2, 0.25) is 0 Å². The highest BCUT2D eigenvalue weighted by Gasteiger charge is 2.27. The molecular formula is C10H11N5. The maximum Gasteiger partial charge on any atom is 0.199 e. The highest BCUT2D eigenvalue weighted by Crippen LogP contribution is 2.38. The number of nitrogen functional groups attached to an aromatic ring is 1. The zero-order chi connectivity index (χ0) is 10.3. The van der Waals surface area contributed by atoms with Crippen molar-refractivity contribution in [3.05, 3.63) is 24.2 Å². The van der Waals surface area contributed by atoms with Gasteiger partial charge in [-0.2, -0.15) is 5.10 Å². The molecule has 1 aliphatic carbocycles. The summed E-state index contributed by atoms with van der Waals surface area (Å²) in [6.45, 7) is 0. The Bertz CT molecular complexity index is 469. The van der Waals surface area contributed by atoms with Crippen LogP contribution in [0.15, 0.2) is 18.3 Å². The van der Waals surface area contributed by atoms with Gasteiger partial charge in [0.15, 0.2) is 5.82 Å². The Labute approximate surface area is 86.8 Å². The van der Waals surface area contributed by atoms with Crippen LogP contribution in [0.25, 0.3) is 11.5 Å². The number of nitrogens with two attached hydrogens (primary N) is 1. The molecule has 2 aromatic heterocycles. The lowest BCUT2D eigenvalue weighted by atomic mass is 10.3. The van der Waals surface area contributed by atoms with Crippen LogP contribution in [0.2, 0.25) is 0 Å². The van der Waals surface area contributed by atoms with Crippen molar-refractivity contribution in [3.8, 4) is 11.5 Å². The second kappa shape index (κ2) is 3.05. The molecule has 2 aromatic rings. The number of aromatic nitrogens is 4. The highest BCUT2D eigenvalue weighted by molar-refractivity contribution is 5.51. The first-order valence-corrected chi connectivity index (χ1v) is 4.97. The van der Waals surface area contributed by atoms with E-state index in [9.17, 15) is 0 Å². The Hall–Kier alpha value is -1.91. The van der Waals surface area contributed by atoms with Crippen molar-refractivity contribution in [1.29, 1.82) is 0 Å². The summed E-state index contributed by atoms with van der Waals surface area (Å²) in [5.74, 6) is 2.21. The molecule has 3 N–H and O–H groups in total. The minimum absolute atomic E-state index is 0.583. The topological polar surface area (TPSA) is 80.5 Å². The number of aromatic amines is 1. The first-order valence-electron chi connectivity index (χ1n) is 4.97. The molecule has 1 saturated carbocycles. The first-order chi connectivity index (χ1) is 7.33. The van der Waals surface area contributed by atoms with E-state index in [0.29, 0.717) is 17.4 Å². The van der Waals surface area contributed by atoms with Gasteiger partial charge >= 0.3 is 0 Å². The number of pyridine rings is 1. The van der Waals surface area contributed by atoms with Gasteiger partial charge in [0.1, 0.15) is 11.5 Å². The maximum absolute atomic E-state index is 5.56. The quantitative estimate of drug-likeness (QED) is 0.768.